The van der Waals surface area contributed by atoms with Gasteiger partial charge in [0.25, 0.3) is 0 Å². The van der Waals surface area contributed by atoms with Crippen molar-refractivity contribution in [3.05, 3.63) is 35.2 Å². The third kappa shape index (κ3) is 3.62. The molecule has 0 aliphatic rings. The first-order valence-corrected chi connectivity index (χ1v) is 4.58. The molecule has 0 aliphatic carbocycles. The third-order valence-electron chi connectivity index (χ3n) is 1.85. The Labute approximate surface area is 99.3 Å². The number of benzene rings is 1. The Hall–Kier alpha value is -2.31. The van der Waals surface area contributed by atoms with Crippen LogP contribution in [0.2, 0.25) is 0 Å². The number of carbonyl (C=O) groups is 2. The number of hydrogen-bond donors (Lipinski definition) is 1. The number of rotatable bonds is 5. The number of carboxylic acids is 1. The minimum Gasteiger partial charge on any atom is -0.478 e. The number of alkyl halides is 2. The molecule has 0 spiro atoms. The van der Waals surface area contributed by atoms with Crippen LogP contribution >= 0.6 is 0 Å². The van der Waals surface area contributed by atoms with Crippen LogP contribution in [0.15, 0.2) is 18.2 Å². The van der Waals surface area contributed by atoms with Crippen molar-refractivity contribution in [2.75, 3.05) is 0 Å². The Balaban J connectivity index is 3.21. The fraction of sp³-hybridized carbons (Fsp3) is 0.0909. The molecule has 1 rings (SSSR count). The topological polar surface area (TPSA) is 63.6 Å². The normalized spacial score (nSPS) is 10.9. The second kappa shape index (κ2) is 5.85. The number of carboxylic acid groups (broad SMARTS) is 1. The lowest BCUT2D eigenvalue weighted by Crippen LogP contribution is -2.05. The maximum absolute atomic E-state index is 13.4. The average molecular weight is 260 g/mol. The molecule has 0 aromatic heterocycles. The molecule has 0 atom stereocenters. The summed E-state index contributed by atoms with van der Waals surface area (Å²) in [5.41, 5.74) is -0.449. The Bertz CT molecular complexity index is 497. The van der Waals surface area contributed by atoms with E-state index in [-0.39, 0.29) is 11.8 Å². The van der Waals surface area contributed by atoms with Crippen molar-refractivity contribution in [1.29, 1.82) is 0 Å². The molecule has 96 valence electrons. The van der Waals surface area contributed by atoms with E-state index in [1.807, 2.05) is 0 Å². The molecule has 0 unspecified atom stereocenters. The lowest BCUT2D eigenvalue weighted by atomic mass is 10.1. The molecule has 0 aliphatic heterocycles. The van der Waals surface area contributed by atoms with Crippen LogP contribution in [0.3, 0.4) is 0 Å². The molecular weight excluding hydrogens is 253 g/mol. The Kier molecular flexibility index (Phi) is 4.47. The lowest BCUT2D eigenvalue weighted by Gasteiger charge is -2.08. The van der Waals surface area contributed by atoms with Gasteiger partial charge in [-0.15, -0.1) is 0 Å². The van der Waals surface area contributed by atoms with Crippen molar-refractivity contribution in [2.24, 2.45) is 0 Å². The van der Waals surface area contributed by atoms with Gasteiger partial charge in [0, 0.05) is 6.08 Å². The van der Waals surface area contributed by atoms with Gasteiger partial charge in [0.1, 0.15) is 0 Å². The fourth-order valence-corrected chi connectivity index (χ4v) is 1.17. The number of carbonyl (C=O) groups excluding carboxylic acids is 1. The molecule has 0 saturated carbocycles. The second-order valence-corrected chi connectivity index (χ2v) is 3.09. The molecular formula is C11H7F3O4. The van der Waals surface area contributed by atoms with E-state index >= 15 is 0 Å². The molecule has 0 radical (unpaired) electrons. The summed E-state index contributed by atoms with van der Waals surface area (Å²) in [5, 5.41) is 8.39. The highest BCUT2D eigenvalue weighted by Gasteiger charge is 2.14. The van der Waals surface area contributed by atoms with Crippen molar-refractivity contribution in [3.8, 4) is 5.75 Å². The molecule has 0 bridgehead atoms. The quantitative estimate of drug-likeness (QED) is 0.652. The Morgan fingerprint density at radius 2 is 2.06 bits per heavy atom. The van der Waals surface area contributed by atoms with E-state index in [0.717, 1.165) is 18.2 Å². The molecule has 18 heavy (non-hydrogen) atoms. The van der Waals surface area contributed by atoms with Gasteiger partial charge in [-0.25, -0.2) is 9.18 Å². The third-order valence-corrected chi connectivity index (χ3v) is 1.85. The standard InChI is InChI=1S/C11H7F3O4/c12-10-7(5-15)3-6(1-2-9(16)17)4-8(10)18-11(13)14/h1-5,11H,(H,16,17)/b2-1+. The smallest absolute Gasteiger partial charge is 0.387 e. The van der Waals surface area contributed by atoms with E-state index in [4.69, 9.17) is 5.11 Å². The van der Waals surface area contributed by atoms with Gasteiger partial charge >= 0.3 is 12.6 Å². The van der Waals surface area contributed by atoms with Crippen molar-refractivity contribution in [2.45, 2.75) is 6.61 Å². The van der Waals surface area contributed by atoms with Gasteiger partial charge < -0.3 is 9.84 Å². The predicted molar refractivity (Wildman–Crippen MR) is 55.1 cm³/mol. The van der Waals surface area contributed by atoms with Crippen LogP contribution in [0.4, 0.5) is 13.2 Å². The Morgan fingerprint density at radius 3 is 2.56 bits per heavy atom. The number of aliphatic carboxylic acids is 1. The highest BCUT2D eigenvalue weighted by Crippen LogP contribution is 2.24. The van der Waals surface area contributed by atoms with Gasteiger partial charge in [-0.05, 0) is 23.8 Å². The SMILES string of the molecule is O=Cc1cc(/C=C/C(=O)O)cc(OC(F)F)c1F. The first-order valence-electron chi connectivity index (χ1n) is 4.58. The number of ether oxygens (including phenoxy) is 1. The van der Waals surface area contributed by atoms with Crippen molar-refractivity contribution >= 4 is 18.3 Å². The van der Waals surface area contributed by atoms with Gasteiger partial charge in [-0.1, -0.05) is 0 Å². The zero-order chi connectivity index (χ0) is 13.7. The zero-order valence-corrected chi connectivity index (χ0v) is 8.77. The van der Waals surface area contributed by atoms with E-state index in [1.54, 1.807) is 0 Å². The summed E-state index contributed by atoms with van der Waals surface area (Å²) in [6.45, 7) is -3.25. The van der Waals surface area contributed by atoms with E-state index in [2.05, 4.69) is 4.74 Å². The summed E-state index contributed by atoms with van der Waals surface area (Å²) >= 11 is 0. The first kappa shape index (κ1) is 13.8. The van der Waals surface area contributed by atoms with Crippen molar-refractivity contribution in [3.63, 3.8) is 0 Å². The maximum Gasteiger partial charge on any atom is 0.387 e. The van der Waals surface area contributed by atoms with Gasteiger partial charge in [0.2, 0.25) is 0 Å². The van der Waals surface area contributed by atoms with Gasteiger partial charge in [0.05, 0.1) is 5.56 Å². The van der Waals surface area contributed by atoms with E-state index in [9.17, 15) is 22.8 Å². The molecule has 0 saturated heterocycles. The first-order chi connectivity index (χ1) is 8.43. The van der Waals surface area contributed by atoms with Crippen LogP contribution < -0.4 is 4.74 Å². The van der Waals surface area contributed by atoms with Crippen LogP contribution in [0.25, 0.3) is 6.08 Å². The van der Waals surface area contributed by atoms with E-state index < -0.39 is 29.7 Å². The van der Waals surface area contributed by atoms with Crippen LogP contribution in [0.5, 0.6) is 5.75 Å². The highest BCUT2D eigenvalue weighted by molar-refractivity contribution is 5.86. The minimum atomic E-state index is -3.25. The predicted octanol–water partition coefficient (Wildman–Crippen LogP) is 2.34. The fourth-order valence-electron chi connectivity index (χ4n) is 1.17. The zero-order valence-electron chi connectivity index (χ0n) is 8.77. The summed E-state index contributed by atoms with van der Waals surface area (Å²) in [7, 11) is 0. The molecule has 0 heterocycles. The molecule has 1 aromatic rings. The summed E-state index contributed by atoms with van der Waals surface area (Å²) in [6, 6.07) is 1.88. The maximum atomic E-state index is 13.4. The van der Waals surface area contributed by atoms with Gasteiger partial charge in [-0.2, -0.15) is 8.78 Å². The molecule has 7 heteroatoms. The lowest BCUT2D eigenvalue weighted by molar-refractivity contribution is -0.131. The summed E-state index contributed by atoms with van der Waals surface area (Å²) in [4.78, 5) is 20.8. The Morgan fingerprint density at radius 1 is 1.39 bits per heavy atom. The molecule has 1 aromatic carbocycles. The molecule has 1 N–H and O–H groups in total. The number of hydrogen-bond acceptors (Lipinski definition) is 3. The van der Waals surface area contributed by atoms with Gasteiger partial charge in [0.15, 0.2) is 17.9 Å². The molecule has 0 fully saturated rings. The van der Waals surface area contributed by atoms with Crippen LogP contribution in [0, 0.1) is 5.82 Å². The van der Waals surface area contributed by atoms with Gasteiger partial charge in [-0.3, -0.25) is 4.79 Å². The monoisotopic (exact) mass is 260 g/mol. The van der Waals surface area contributed by atoms with Crippen molar-refractivity contribution in [1.82, 2.24) is 0 Å². The number of halogens is 3. The van der Waals surface area contributed by atoms with Crippen LogP contribution in [-0.4, -0.2) is 24.0 Å². The van der Waals surface area contributed by atoms with Crippen LogP contribution in [-0.2, 0) is 4.79 Å². The molecule has 4 nitrogen and oxygen atoms in total. The minimum absolute atomic E-state index is 0.0524. The van der Waals surface area contributed by atoms with E-state index in [0.29, 0.717) is 6.08 Å². The average Bonchev–Trinajstić information content (AvgIpc) is 2.29. The van der Waals surface area contributed by atoms with Crippen LogP contribution in [0.1, 0.15) is 15.9 Å². The van der Waals surface area contributed by atoms with E-state index in [1.165, 1.54) is 0 Å². The summed E-state index contributed by atoms with van der Waals surface area (Å²) < 4.78 is 41.3. The largest absolute Gasteiger partial charge is 0.478 e. The molecule has 0 amide bonds. The van der Waals surface area contributed by atoms with Crippen molar-refractivity contribution < 1.29 is 32.6 Å². The second-order valence-electron chi connectivity index (χ2n) is 3.09. The summed E-state index contributed by atoms with van der Waals surface area (Å²) in [5.74, 6) is -3.32. The number of aldehydes is 1. The summed E-state index contributed by atoms with van der Waals surface area (Å²) in [6.07, 6.45) is 1.85. The highest BCUT2D eigenvalue weighted by atomic mass is 19.3.